The quantitative estimate of drug-likeness (QED) is 0.515. The molecule has 0 bridgehead atoms. The molecule has 0 spiro atoms. The van der Waals surface area contributed by atoms with E-state index in [9.17, 15) is 9.70 Å². The Kier molecular flexibility index (Phi) is 1.96. The number of hydrogen-bond acceptors (Lipinski definition) is 4. The summed E-state index contributed by atoms with van der Waals surface area (Å²) in [7, 11) is 0. The molecule has 0 fully saturated rings. The van der Waals surface area contributed by atoms with Crippen LogP contribution in [0.2, 0.25) is 0 Å². The first kappa shape index (κ1) is 7.40. The number of phenolic OH excluding ortho intramolecular Hbond substituents is 1. The smallest absolute Gasteiger partial charge is 0.153 e. The van der Waals surface area contributed by atoms with Crippen LogP contribution in [-0.2, 0) is 0 Å². The fourth-order valence-corrected chi connectivity index (χ4v) is 0.689. The largest absolute Gasteiger partial charge is 0.507 e. The van der Waals surface area contributed by atoms with Crippen LogP contribution >= 0.6 is 0 Å². The summed E-state index contributed by atoms with van der Waals surface area (Å²) in [6.07, 6.45) is 0.504. The van der Waals surface area contributed by atoms with Crippen molar-refractivity contribution in [2.24, 2.45) is 5.18 Å². The van der Waals surface area contributed by atoms with Gasteiger partial charge in [-0.15, -0.1) is 4.91 Å². The van der Waals surface area contributed by atoms with Crippen LogP contribution in [0.1, 0.15) is 10.4 Å². The Morgan fingerprint density at radius 3 is 2.64 bits per heavy atom. The molecular formula is C7H5NO3. The van der Waals surface area contributed by atoms with Crippen molar-refractivity contribution >= 4 is 12.0 Å². The molecule has 56 valence electrons. The van der Waals surface area contributed by atoms with E-state index in [2.05, 4.69) is 5.18 Å². The normalized spacial score (nSPS) is 9.09. The second-order valence-electron chi connectivity index (χ2n) is 1.95. The van der Waals surface area contributed by atoms with Gasteiger partial charge in [0.05, 0.1) is 5.56 Å². The Labute approximate surface area is 62.4 Å². The fourth-order valence-electron chi connectivity index (χ4n) is 0.689. The van der Waals surface area contributed by atoms with Crippen LogP contribution in [0.4, 0.5) is 5.69 Å². The fraction of sp³-hybridized carbons (Fsp3) is 0. The molecule has 0 unspecified atom stereocenters. The van der Waals surface area contributed by atoms with E-state index in [0.717, 1.165) is 6.07 Å². The number of aldehydes is 1. The van der Waals surface area contributed by atoms with Crippen LogP contribution in [0.15, 0.2) is 23.4 Å². The zero-order chi connectivity index (χ0) is 8.27. The first-order chi connectivity index (χ1) is 5.27. The molecule has 0 aromatic heterocycles. The second kappa shape index (κ2) is 2.92. The topological polar surface area (TPSA) is 66.7 Å². The summed E-state index contributed by atoms with van der Waals surface area (Å²) in [6.45, 7) is 0. The molecule has 0 saturated carbocycles. The molecule has 11 heavy (non-hydrogen) atoms. The summed E-state index contributed by atoms with van der Waals surface area (Å²) >= 11 is 0. The molecule has 0 aliphatic carbocycles. The standard InChI is InChI=1S/C7H5NO3/c9-4-5-1-2-6(8-11)3-7(5)10/h1-4,10H. The minimum absolute atomic E-state index is 0.105. The maximum Gasteiger partial charge on any atom is 0.153 e. The number of phenols is 1. The number of carbonyl (C=O) groups excluding carboxylic acids is 1. The highest BCUT2D eigenvalue weighted by atomic mass is 16.3. The van der Waals surface area contributed by atoms with Gasteiger partial charge < -0.3 is 5.11 Å². The Morgan fingerprint density at radius 1 is 1.45 bits per heavy atom. The van der Waals surface area contributed by atoms with Crippen LogP contribution in [0.3, 0.4) is 0 Å². The Bertz CT molecular complexity index is 296. The van der Waals surface area contributed by atoms with E-state index in [4.69, 9.17) is 5.11 Å². The molecule has 1 aromatic carbocycles. The van der Waals surface area contributed by atoms with Crippen LogP contribution in [0.5, 0.6) is 5.75 Å². The van der Waals surface area contributed by atoms with E-state index in [1.807, 2.05) is 0 Å². The van der Waals surface area contributed by atoms with Gasteiger partial charge in [-0.2, -0.15) is 0 Å². The van der Waals surface area contributed by atoms with Gasteiger partial charge in [-0.1, -0.05) is 0 Å². The van der Waals surface area contributed by atoms with E-state index in [1.165, 1.54) is 12.1 Å². The van der Waals surface area contributed by atoms with Gasteiger partial charge in [-0.05, 0) is 17.3 Å². The van der Waals surface area contributed by atoms with Crippen molar-refractivity contribution in [1.29, 1.82) is 0 Å². The molecule has 1 rings (SSSR count). The van der Waals surface area contributed by atoms with Gasteiger partial charge >= 0.3 is 0 Å². The first-order valence-corrected chi connectivity index (χ1v) is 2.89. The molecule has 1 N–H and O–H groups in total. The molecule has 0 heterocycles. The summed E-state index contributed by atoms with van der Waals surface area (Å²) in [5.41, 5.74) is 0.255. The third-order valence-electron chi connectivity index (χ3n) is 1.25. The van der Waals surface area contributed by atoms with E-state index >= 15 is 0 Å². The number of rotatable bonds is 2. The second-order valence-corrected chi connectivity index (χ2v) is 1.95. The number of nitrogens with zero attached hydrogens (tertiary/aromatic N) is 1. The summed E-state index contributed by atoms with van der Waals surface area (Å²) in [4.78, 5) is 20.1. The predicted molar refractivity (Wildman–Crippen MR) is 38.9 cm³/mol. The van der Waals surface area contributed by atoms with E-state index in [0.29, 0.717) is 6.29 Å². The Balaban J connectivity index is 3.18. The van der Waals surface area contributed by atoms with Gasteiger partial charge in [0, 0.05) is 6.07 Å². The third-order valence-corrected chi connectivity index (χ3v) is 1.25. The van der Waals surface area contributed by atoms with Crippen molar-refractivity contribution in [2.75, 3.05) is 0 Å². The molecule has 0 saturated heterocycles. The Morgan fingerprint density at radius 2 is 2.18 bits per heavy atom. The zero-order valence-corrected chi connectivity index (χ0v) is 5.52. The molecule has 0 aliphatic rings. The van der Waals surface area contributed by atoms with Crippen molar-refractivity contribution in [3.8, 4) is 5.75 Å². The van der Waals surface area contributed by atoms with Crippen LogP contribution < -0.4 is 0 Å². The number of nitroso groups, excluding NO2 is 1. The lowest BCUT2D eigenvalue weighted by Crippen LogP contribution is -1.78. The zero-order valence-electron chi connectivity index (χ0n) is 5.52. The molecule has 0 aliphatic heterocycles. The molecule has 1 aromatic rings. The minimum atomic E-state index is -0.225. The van der Waals surface area contributed by atoms with Crippen molar-refractivity contribution < 1.29 is 9.90 Å². The van der Waals surface area contributed by atoms with Gasteiger partial charge in [-0.3, -0.25) is 4.79 Å². The maximum absolute atomic E-state index is 10.2. The van der Waals surface area contributed by atoms with Crippen LogP contribution in [0, 0.1) is 4.91 Å². The molecule has 4 nitrogen and oxygen atoms in total. The van der Waals surface area contributed by atoms with Crippen molar-refractivity contribution in [3.05, 3.63) is 28.7 Å². The predicted octanol–water partition coefficient (Wildman–Crippen LogP) is 1.60. The Hall–Kier alpha value is -1.71. The van der Waals surface area contributed by atoms with E-state index in [-0.39, 0.29) is 17.0 Å². The highest BCUT2D eigenvalue weighted by Crippen LogP contribution is 2.21. The van der Waals surface area contributed by atoms with Gasteiger partial charge in [-0.25, -0.2) is 0 Å². The first-order valence-electron chi connectivity index (χ1n) is 2.89. The summed E-state index contributed by atoms with van der Waals surface area (Å²) < 4.78 is 0. The highest BCUT2D eigenvalue weighted by Gasteiger charge is 2.00. The van der Waals surface area contributed by atoms with Gasteiger partial charge in [0.25, 0.3) is 0 Å². The maximum atomic E-state index is 10.2. The molecule has 0 radical (unpaired) electrons. The monoisotopic (exact) mass is 151 g/mol. The van der Waals surface area contributed by atoms with Gasteiger partial charge in [0.1, 0.15) is 11.4 Å². The summed E-state index contributed by atoms with van der Waals surface area (Å²) in [5, 5.41) is 11.6. The molecule has 0 atom stereocenters. The lowest BCUT2D eigenvalue weighted by atomic mass is 10.2. The summed E-state index contributed by atoms with van der Waals surface area (Å²) in [5.74, 6) is -0.225. The van der Waals surface area contributed by atoms with Crippen molar-refractivity contribution in [1.82, 2.24) is 0 Å². The molecular weight excluding hydrogens is 146 g/mol. The average molecular weight is 151 g/mol. The van der Waals surface area contributed by atoms with Crippen LogP contribution in [0.25, 0.3) is 0 Å². The minimum Gasteiger partial charge on any atom is -0.507 e. The van der Waals surface area contributed by atoms with Crippen molar-refractivity contribution in [3.63, 3.8) is 0 Å². The SMILES string of the molecule is O=Cc1ccc(N=O)cc1O. The van der Waals surface area contributed by atoms with Gasteiger partial charge in [0.2, 0.25) is 0 Å². The summed E-state index contributed by atoms with van der Waals surface area (Å²) in [6, 6.07) is 3.83. The number of hydrogen-bond donors (Lipinski definition) is 1. The molecule has 4 heteroatoms. The highest BCUT2D eigenvalue weighted by molar-refractivity contribution is 5.80. The number of carbonyl (C=O) groups is 1. The van der Waals surface area contributed by atoms with E-state index < -0.39 is 0 Å². The van der Waals surface area contributed by atoms with Crippen LogP contribution in [-0.4, -0.2) is 11.4 Å². The lowest BCUT2D eigenvalue weighted by Gasteiger charge is -1.94. The number of aromatic hydroxyl groups is 1. The molecule has 0 amide bonds. The van der Waals surface area contributed by atoms with Gasteiger partial charge in [0.15, 0.2) is 6.29 Å². The average Bonchev–Trinajstić information content (AvgIpc) is 2.04. The number of benzene rings is 1. The van der Waals surface area contributed by atoms with Crippen molar-refractivity contribution in [2.45, 2.75) is 0 Å². The third kappa shape index (κ3) is 1.40. The van der Waals surface area contributed by atoms with E-state index in [1.54, 1.807) is 0 Å². The lowest BCUT2D eigenvalue weighted by molar-refractivity contribution is 0.112.